The minimum absolute atomic E-state index is 0.161. The predicted octanol–water partition coefficient (Wildman–Crippen LogP) is 0.0630. The van der Waals surface area contributed by atoms with E-state index in [4.69, 9.17) is 5.11 Å². The third-order valence-corrected chi connectivity index (χ3v) is 1.81. The number of rotatable bonds is 4. The third kappa shape index (κ3) is 2.06. The van der Waals surface area contributed by atoms with E-state index in [1.165, 1.54) is 0 Å². The molecule has 4 heteroatoms. The van der Waals surface area contributed by atoms with Gasteiger partial charge in [0.15, 0.2) is 0 Å². The summed E-state index contributed by atoms with van der Waals surface area (Å²) in [6, 6.07) is 0.192. The van der Waals surface area contributed by atoms with Gasteiger partial charge in [-0.3, -0.25) is 0 Å². The van der Waals surface area contributed by atoms with Gasteiger partial charge in [0.2, 0.25) is 0 Å². The summed E-state index contributed by atoms with van der Waals surface area (Å²) in [5.41, 5.74) is 0. The first kappa shape index (κ1) is 9.22. The quantitative estimate of drug-likeness (QED) is 0.670. The van der Waals surface area contributed by atoms with Gasteiger partial charge in [-0.25, -0.2) is 4.98 Å². The molecule has 0 bridgehead atoms. The zero-order valence-corrected chi connectivity index (χ0v) is 7.49. The first-order valence-corrected chi connectivity index (χ1v) is 4.07. The van der Waals surface area contributed by atoms with Crippen LogP contribution in [0.4, 0.5) is 0 Å². The summed E-state index contributed by atoms with van der Waals surface area (Å²) in [5, 5.41) is 11.7. The number of aromatic nitrogens is 2. The monoisotopic (exact) mass is 169 g/mol. The van der Waals surface area contributed by atoms with Crippen molar-refractivity contribution in [1.82, 2.24) is 14.9 Å². The van der Waals surface area contributed by atoms with Crippen LogP contribution in [-0.4, -0.2) is 27.8 Å². The molecule has 0 fully saturated rings. The smallest absolute Gasteiger partial charge is 0.125 e. The molecule has 0 aliphatic carbocycles. The standard InChI is InChI=1S/C8H15N3O/c1-7(9-4-6-12)8-10-3-5-11(8)2/h3,5,7,9,12H,4,6H2,1-2H3. The van der Waals surface area contributed by atoms with Crippen LogP contribution in [0.5, 0.6) is 0 Å². The molecule has 0 aliphatic rings. The van der Waals surface area contributed by atoms with Crippen LogP contribution in [-0.2, 0) is 7.05 Å². The van der Waals surface area contributed by atoms with Crippen molar-refractivity contribution in [2.24, 2.45) is 7.05 Å². The zero-order valence-electron chi connectivity index (χ0n) is 7.49. The lowest BCUT2D eigenvalue weighted by Crippen LogP contribution is -2.24. The Morgan fingerprint density at radius 1 is 1.75 bits per heavy atom. The van der Waals surface area contributed by atoms with E-state index in [0.29, 0.717) is 6.54 Å². The fraction of sp³-hybridized carbons (Fsp3) is 0.625. The minimum Gasteiger partial charge on any atom is -0.395 e. The molecular formula is C8H15N3O. The third-order valence-electron chi connectivity index (χ3n) is 1.81. The van der Waals surface area contributed by atoms with Gasteiger partial charge in [-0.15, -0.1) is 0 Å². The number of nitrogens with one attached hydrogen (secondary N) is 1. The average molecular weight is 169 g/mol. The number of aryl methyl sites for hydroxylation is 1. The van der Waals surface area contributed by atoms with Crippen molar-refractivity contribution in [3.8, 4) is 0 Å². The van der Waals surface area contributed by atoms with E-state index in [1.54, 1.807) is 6.20 Å². The van der Waals surface area contributed by atoms with Crippen LogP contribution in [0.3, 0.4) is 0 Å². The van der Waals surface area contributed by atoms with Gasteiger partial charge >= 0.3 is 0 Å². The second-order valence-corrected chi connectivity index (χ2v) is 2.80. The molecule has 0 spiro atoms. The maximum absolute atomic E-state index is 8.59. The van der Waals surface area contributed by atoms with Crippen LogP contribution in [0.25, 0.3) is 0 Å². The first-order valence-electron chi connectivity index (χ1n) is 4.07. The Kier molecular flexibility index (Phi) is 3.25. The lowest BCUT2D eigenvalue weighted by atomic mass is 10.3. The van der Waals surface area contributed by atoms with Gasteiger partial charge < -0.3 is 15.0 Å². The van der Waals surface area contributed by atoms with Crippen LogP contribution in [0.1, 0.15) is 18.8 Å². The molecule has 0 saturated carbocycles. The Bertz CT molecular complexity index is 234. The minimum atomic E-state index is 0.161. The van der Waals surface area contributed by atoms with Crippen LogP contribution in [0.15, 0.2) is 12.4 Å². The summed E-state index contributed by atoms with van der Waals surface area (Å²) in [6.07, 6.45) is 3.68. The molecule has 0 aromatic carbocycles. The molecule has 0 amide bonds. The molecule has 0 radical (unpaired) electrons. The van der Waals surface area contributed by atoms with Gasteiger partial charge in [0.25, 0.3) is 0 Å². The molecule has 0 aliphatic heterocycles. The van der Waals surface area contributed by atoms with Crippen molar-refractivity contribution >= 4 is 0 Å². The van der Waals surface area contributed by atoms with E-state index in [2.05, 4.69) is 10.3 Å². The van der Waals surface area contributed by atoms with Crippen molar-refractivity contribution in [3.05, 3.63) is 18.2 Å². The topological polar surface area (TPSA) is 50.1 Å². The van der Waals surface area contributed by atoms with Crippen molar-refractivity contribution in [1.29, 1.82) is 0 Å². The number of aliphatic hydroxyl groups is 1. The summed E-state index contributed by atoms with van der Waals surface area (Å²) >= 11 is 0. The van der Waals surface area contributed by atoms with E-state index in [9.17, 15) is 0 Å². The summed E-state index contributed by atoms with van der Waals surface area (Å²) < 4.78 is 1.97. The van der Waals surface area contributed by atoms with Gasteiger partial charge in [0, 0.05) is 26.0 Å². The number of hydrogen-bond donors (Lipinski definition) is 2. The fourth-order valence-electron chi connectivity index (χ4n) is 1.17. The zero-order chi connectivity index (χ0) is 8.97. The second-order valence-electron chi connectivity index (χ2n) is 2.80. The van der Waals surface area contributed by atoms with E-state index < -0.39 is 0 Å². The number of hydrogen-bond acceptors (Lipinski definition) is 3. The summed E-state index contributed by atoms with van der Waals surface area (Å²) in [4.78, 5) is 4.19. The van der Waals surface area contributed by atoms with Crippen molar-refractivity contribution in [2.75, 3.05) is 13.2 Å². The van der Waals surface area contributed by atoms with Crippen LogP contribution >= 0.6 is 0 Å². The number of imidazole rings is 1. The Balaban J connectivity index is 2.52. The second kappa shape index (κ2) is 4.23. The highest BCUT2D eigenvalue weighted by Gasteiger charge is 2.07. The van der Waals surface area contributed by atoms with Gasteiger partial charge in [-0.2, -0.15) is 0 Å². The lowest BCUT2D eigenvalue weighted by Gasteiger charge is -2.12. The Morgan fingerprint density at radius 3 is 3.00 bits per heavy atom. The average Bonchev–Trinajstić information content (AvgIpc) is 2.47. The van der Waals surface area contributed by atoms with E-state index in [-0.39, 0.29) is 12.6 Å². The van der Waals surface area contributed by atoms with Crippen molar-refractivity contribution < 1.29 is 5.11 Å². The van der Waals surface area contributed by atoms with E-state index in [0.717, 1.165) is 5.82 Å². The highest BCUT2D eigenvalue weighted by Crippen LogP contribution is 2.06. The van der Waals surface area contributed by atoms with E-state index in [1.807, 2.05) is 24.7 Å². The normalized spacial score (nSPS) is 13.2. The van der Waals surface area contributed by atoms with Gasteiger partial charge in [-0.1, -0.05) is 0 Å². The fourth-order valence-corrected chi connectivity index (χ4v) is 1.17. The molecule has 2 N–H and O–H groups in total. The van der Waals surface area contributed by atoms with Crippen LogP contribution < -0.4 is 5.32 Å². The van der Waals surface area contributed by atoms with E-state index >= 15 is 0 Å². The van der Waals surface area contributed by atoms with Gasteiger partial charge in [0.05, 0.1) is 12.6 Å². The number of nitrogens with zero attached hydrogens (tertiary/aromatic N) is 2. The molecule has 12 heavy (non-hydrogen) atoms. The molecule has 1 rings (SSSR count). The highest BCUT2D eigenvalue weighted by molar-refractivity contribution is 4.96. The molecule has 4 nitrogen and oxygen atoms in total. The summed E-state index contributed by atoms with van der Waals surface area (Å²) in [6.45, 7) is 2.79. The molecule has 1 aromatic rings. The molecule has 1 atom stereocenters. The number of aliphatic hydroxyl groups excluding tert-OH is 1. The SMILES string of the molecule is CC(NCCO)c1nccn1C. The van der Waals surface area contributed by atoms with Crippen molar-refractivity contribution in [2.45, 2.75) is 13.0 Å². The molecule has 1 heterocycles. The van der Waals surface area contributed by atoms with Crippen LogP contribution in [0.2, 0.25) is 0 Å². The van der Waals surface area contributed by atoms with Gasteiger partial charge in [0.1, 0.15) is 5.82 Å². The van der Waals surface area contributed by atoms with Gasteiger partial charge in [-0.05, 0) is 6.92 Å². The maximum Gasteiger partial charge on any atom is 0.125 e. The van der Waals surface area contributed by atoms with Crippen molar-refractivity contribution in [3.63, 3.8) is 0 Å². The molecule has 68 valence electrons. The molecule has 1 aromatic heterocycles. The summed E-state index contributed by atoms with van der Waals surface area (Å²) in [5.74, 6) is 0.989. The van der Waals surface area contributed by atoms with Crippen LogP contribution in [0, 0.1) is 0 Å². The maximum atomic E-state index is 8.59. The summed E-state index contributed by atoms with van der Waals surface area (Å²) in [7, 11) is 1.96. The first-order chi connectivity index (χ1) is 5.75. The Hall–Kier alpha value is -0.870. The molecular weight excluding hydrogens is 154 g/mol. The Morgan fingerprint density at radius 2 is 2.50 bits per heavy atom. The predicted molar refractivity (Wildman–Crippen MR) is 46.7 cm³/mol. The lowest BCUT2D eigenvalue weighted by molar-refractivity contribution is 0.285. The largest absolute Gasteiger partial charge is 0.395 e. The molecule has 0 saturated heterocycles. The highest BCUT2D eigenvalue weighted by atomic mass is 16.3. The Labute approximate surface area is 72.2 Å². The molecule has 1 unspecified atom stereocenters.